The van der Waals surface area contributed by atoms with Crippen LogP contribution < -0.4 is 0 Å². The number of non-ortho nitro benzene ring substituents is 1. The summed E-state index contributed by atoms with van der Waals surface area (Å²) in [6.07, 6.45) is -4.60. The summed E-state index contributed by atoms with van der Waals surface area (Å²) >= 11 is 0. The number of nitrogens with zero attached hydrogens (tertiary/aromatic N) is 7. The number of ether oxygens (including phenoxy) is 3. The predicted molar refractivity (Wildman–Crippen MR) is 104 cm³/mol. The maximum atomic E-state index is 15.3. The Morgan fingerprint density at radius 1 is 1.32 bits per heavy atom. The highest BCUT2D eigenvalue weighted by molar-refractivity contribution is 5.89. The molecule has 13 nitrogen and oxygen atoms in total. The molecule has 1 aliphatic rings. The monoisotopic (exact) mass is 437 g/mol. The Morgan fingerprint density at radius 3 is 2.61 bits per heavy atom. The molecule has 0 N–H and O–H groups in total. The second kappa shape index (κ2) is 11.7. The largest absolute Gasteiger partial charge is 0.453 e. The zero-order valence-corrected chi connectivity index (χ0v) is 16.5. The summed E-state index contributed by atoms with van der Waals surface area (Å²) in [7, 11) is 0. The van der Waals surface area contributed by atoms with Gasteiger partial charge in [-0.2, -0.15) is 0 Å². The minimum absolute atomic E-state index is 0.0676. The Bertz CT molecular complexity index is 870. The number of rotatable bonds is 10. The predicted octanol–water partition coefficient (Wildman–Crippen LogP) is 3.99. The molecule has 1 aliphatic heterocycles. The highest BCUT2D eigenvalue weighted by atomic mass is 19.1. The summed E-state index contributed by atoms with van der Waals surface area (Å²) in [5.74, 6) is -0.984. The zero-order valence-electron chi connectivity index (χ0n) is 16.5. The first kappa shape index (κ1) is 23.8. The molecule has 166 valence electrons. The number of hydrogen-bond acceptors (Lipinski definition) is 8. The average Bonchev–Trinajstić information content (AvgIpc) is 2.76. The van der Waals surface area contributed by atoms with Gasteiger partial charge in [-0.3, -0.25) is 10.1 Å². The number of azide groups is 2. The summed E-state index contributed by atoms with van der Waals surface area (Å²) in [4.78, 5) is 27.8. The third-order valence-electron chi connectivity index (χ3n) is 4.44. The Hall–Kier alpha value is -3.44. The number of hydrogen-bond donors (Lipinski definition) is 0. The van der Waals surface area contributed by atoms with Crippen LogP contribution in [0.4, 0.5) is 10.1 Å². The van der Waals surface area contributed by atoms with Gasteiger partial charge in [-0.05, 0) is 29.6 Å². The normalized spacial score (nSPS) is 25.0. The standard InChI is InChI=1S/C17H20FN7O6/c1-2-3-8-29-17-14(22-24-20)13(18)15(12(30-17)9-21-23-19)31-16(26)10-4-6-11(7-5-10)25(27)28/h4-7,12-15,17H,2-3,8-9H2,1H3/t12-,13-,14-,15+,17?/m1/s1. The number of carbonyl (C=O) groups excluding carboxylic acids is 1. The molecule has 0 aliphatic carbocycles. The molecule has 1 aromatic carbocycles. The first-order valence-electron chi connectivity index (χ1n) is 9.34. The smallest absolute Gasteiger partial charge is 0.338 e. The fraction of sp³-hybridized carbons (Fsp3) is 0.588. The molecule has 0 spiro atoms. The van der Waals surface area contributed by atoms with Crippen molar-refractivity contribution in [3.05, 3.63) is 60.8 Å². The lowest BCUT2D eigenvalue weighted by atomic mass is 9.98. The molecule has 1 unspecified atom stereocenters. The summed E-state index contributed by atoms with van der Waals surface area (Å²) < 4.78 is 31.6. The van der Waals surface area contributed by atoms with Gasteiger partial charge in [-0.25, -0.2) is 9.18 Å². The minimum Gasteiger partial charge on any atom is -0.453 e. The number of carbonyl (C=O) groups is 1. The molecule has 0 aromatic heterocycles. The van der Waals surface area contributed by atoms with Crippen molar-refractivity contribution in [1.29, 1.82) is 0 Å². The van der Waals surface area contributed by atoms with Crippen molar-refractivity contribution in [3.63, 3.8) is 0 Å². The van der Waals surface area contributed by atoms with Crippen molar-refractivity contribution in [2.24, 2.45) is 10.2 Å². The zero-order chi connectivity index (χ0) is 22.8. The molecule has 1 fully saturated rings. The van der Waals surface area contributed by atoms with Crippen LogP contribution in [0.1, 0.15) is 30.1 Å². The van der Waals surface area contributed by atoms with Crippen molar-refractivity contribution < 1.29 is 28.3 Å². The first-order chi connectivity index (χ1) is 14.9. The van der Waals surface area contributed by atoms with Crippen LogP contribution in [0, 0.1) is 10.1 Å². The Labute approximate surface area is 175 Å². The number of nitro groups is 1. The number of nitro benzene ring substituents is 1. The van der Waals surface area contributed by atoms with Crippen LogP contribution >= 0.6 is 0 Å². The minimum atomic E-state index is -2.02. The second-order valence-electron chi connectivity index (χ2n) is 6.49. The molecule has 0 radical (unpaired) electrons. The number of esters is 1. The summed E-state index contributed by atoms with van der Waals surface area (Å²) in [6.45, 7) is 1.77. The third kappa shape index (κ3) is 6.27. The van der Waals surface area contributed by atoms with E-state index in [1.807, 2.05) is 6.92 Å². The van der Waals surface area contributed by atoms with Crippen LogP contribution in [-0.4, -0.2) is 54.8 Å². The molecule has 2 rings (SSSR count). The van der Waals surface area contributed by atoms with E-state index in [9.17, 15) is 14.9 Å². The highest BCUT2D eigenvalue weighted by Crippen LogP contribution is 2.30. The van der Waals surface area contributed by atoms with E-state index in [2.05, 4.69) is 20.1 Å². The lowest BCUT2D eigenvalue weighted by Gasteiger charge is -2.40. The van der Waals surface area contributed by atoms with Gasteiger partial charge in [0.05, 0.1) is 17.0 Å². The molecule has 14 heteroatoms. The number of unbranched alkanes of at least 4 members (excludes halogenated alkanes) is 1. The molecule has 31 heavy (non-hydrogen) atoms. The van der Waals surface area contributed by atoms with E-state index in [1.54, 1.807) is 0 Å². The van der Waals surface area contributed by atoms with Crippen molar-refractivity contribution >= 4 is 11.7 Å². The van der Waals surface area contributed by atoms with E-state index in [0.29, 0.717) is 6.42 Å². The maximum absolute atomic E-state index is 15.3. The van der Waals surface area contributed by atoms with E-state index in [0.717, 1.165) is 30.7 Å². The van der Waals surface area contributed by atoms with E-state index in [-0.39, 0.29) is 24.4 Å². The van der Waals surface area contributed by atoms with E-state index >= 15 is 4.39 Å². The fourth-order valence-electron chi connectivity index (χ4n) is 2.85. The summed E-state index contributed by atoms with van der Waals surface area (Å²) in [6, 6.07) is 3.05. The van der Waals surface area contributed by atoms with E-state index in [4.69, 9.17) is 25.3 Å². The fourth-order valence-corrected chi connectivity index (χ4v) is 2.85. The number of alkyl halides is 1. The van der Waals surface area contributed by atoms with Gasteiger partial charge in [-0.1, -0.05) is 23.6 Å². The molecule has 5 atom stereocenters. The lowest BCUT2D eigenvalue weighted by molar-refractivity contribution is -0.384. The second-order valence-corrected chi connectivity index (χ2v) is 6.49. The van der Waals surface area contributed by atoms with Crippen molar-refractivity contribution in [1.82, 2.24) is 0 Å². The van der Waals surface area contributed by atoms with Gasteiger partial charge in [0.2, 0.25) is 0 Å². The Morgan fingerprint density at radius 2 is 2.03 bits per heavy atom. The van der Waals surface area contributed by atoms with Crippen LogP contribution in [0.5, 0.6) is 0 Å². The van der Waals surface area contributed by atoms with Gasteiger partial charge in [0.15, 0.2) is 18.6 Å². The first-order valence-corrected chi connectivity index (χ1v) is 9.34. The van der Waals surface area contributed by atoms with Crippen LogP contribution in [0.2, 0.25) is 0 Å². The van der Waals surface area contributed by atoms with E-state index in [1.165, 1.54) is 0 Å². The van der Waals surface area contributed by atoms with Crippen LogP contribution in [0.3, 0.4) is 0 Å². The average molecular weight is 437 g/mol. The molecule has 1 aromatic rings. The molecule has 0 saturated carbocycles. The van der Waals surface area contributed by atoms with Gasteiger partial charge >= 0.3 is 5.97 Å². The van der Waals surface area contributed by atoms with Gasteiger partial charge in [0, 0.05) is 28.6 Å². The number of benzene rings is 1. The maximum Gasteiger partial charge on any atom is 0.338 e. The van der Waals surface area contributed by atoms with Crippen LogP contribution in [-0.2, 0) is 14.2 Å². The highest BCUT2D eigenvalue weighted by Gasteiger charge is 2.48. The van der Waals surface area contributed by atoms with Crippen molar-refractivity contribution in [3.8, 4) is 0 Å². The third-order valence-corrected chi connectivity index (χ3v) is 4.44. The Kier molecular flexibility index (Phi) is 8.97. The topological polar surface area (TPSA) is 185 Å². The molecule has 1 heterocycles. The van der Waals surface area contributed by atoms with Crippen molar-refractivity contribution in [2.75, 3.05) is 13.2 Å². The molecule has 0 amide bonds. The summed E-state index contributed by atoms with van der Waals surface area (Å²) in [5.41, 5.74) is 17.1. The van der Waals surface area contributed by atoms with Gasteiger partial charge in [-0.15, -0.1) is 0 Å². The van der Waals surface area contributed by atoms with Gasteiger partial charge in [0.1, 0.15) is 12.1 Å². The molecule has 1 saturated heterocycles. The lowest BCUT2D eigenvalue weighted by Crippen LogP contribution is -2.58. The molecule has 0 bridgehead atoms. The van der Waals surface area contributed by atoms with Crippen LogP contribution in [0.15, 0.2) is 34.5 Å². The quantitative estimate of drug-likeness (QED) is 0.101. The summed E-state index contributed by atoms with van der Waals surface area (Å²) in [5, 5.41) is 17.5. The van der Waals surface area contributed by atoms with E-state index < -0.39 is 41.6 Å². The SMILES string of the molecule is CCCCOC1O[C@H](CN=[N+]=[N-])[C@H](OC(=O)c2ccc([N+](=O)[O-])cc2)[C@H](F)[C@H]1N=[N+]=[N-]. The van der Waals surface area contributed by atoms with Crippen molar-refractivity contribution in [2.45, 2.75) is 50.5 Å². The van der Waals surface area contributed by atoms with Gasteiger partial charge in [0.25, 0.3) is 5.69 Å². The Balaban J connectivity index is 2.24. The van der Waals surface area contributed by atoms with Gasteiger partial charge < -0.3 is 14.2 Å². The van der Waals surface area contributed by atoms with Crippen LogP contribution in [0.25, 0.3) is 20.9 Å². The number of halogens is 1. The molecular formula is C17H20FN7O6. The molecular weight excluding hydrogens is 417 g/mol.